The molecule has 3 nitrogen and oxygen atoms in total. The average molecular weight is 415 g/mol. The monoisotopic (exact) mass is 414 g/mol. The zero-order valence-electron chi connectivity index (χ0n) is 13.8. The Bertz CT molecular complexity index is 831. The molecule has 0 bridgehead atoms. The third kappa shape index (κ3) is 4.59. The van der Waals surface area contributed by atoms with Crippen molar-refractivity contribution in [1.29, 1.82) is 5.26 Å². The molecular weight excluding hydrogens is 396 g/mol. The molecule has 0 radical (unpaired) electrons. The molecule has 0 atom stereocenters. The summed E-state index contributed by atoms with van der Waals surface area (Å²) in [4.78, 5) is 13.5. The molecule has 2 aromatic rings. The minimum absolute atomic E-state index is 0.200. The molecule has 1 aliphatic carbocycles. The Morgan fingerprint density at radius 1 is 1.16 bits per heavy atom. The van der Waals surface area contributed by atoms with Gasteiger partial charge in [-0.05, 0) is 55.0 Å². The Kier molecular flexibility index (Phi) is 6.06. The highest BCUT2D eigenvalue weighted by Crippen LogP contribution is 2.36. The number of carbonyl (C=O) groups is 1. The highest BCUT2D eigenvalue weighted by molar-refractivity contribution is 9.10. The van der Waals surface area contributed by atoms with E-state index in [0.29, 0.717) is 10.6 Å². The molecule has 0 aliphatic heterocycles. The fraction of sp³-hybridized carbons (Fsp3) is 0.300. The van der Waals surface area contributed by atoms with Gasteiger partial charge in [0.25, 0.3) is 0 Å². The van der Waals surface area contributed by atoms with E-state index in [-0.39, 0.29) is 5.91 Å². The molecular formula is C20H19BrN2OS. The number of rotatable bonds is 3. The van der Waals surface area contributed by atoms with E-state index in [0.717, 1.165) is 41.3 Å². The number of hydrogen-bond donors (Lipinski definition) is 1. The molecule has 1 aliphatic rings. The lowest BCUT2D eigenvalue weighted by Gasteiger charge is -2.08. The summed E-state index contributed by atoms with van der Waals surface area (Å²) < 4.78 is 1.00. The standard InChI is InChI=1S/C20H19BrN2OS/c21-15-10-7-14(8-11-15)9-12-19(24)23-20-17(13-22)16-5-3-1-2-4-6-18(16)25-20/h7-12H,1-6H2,(H,23,24)/b12-9+. The van der Waals surface area contributed by atoms with Gasteiger partial charge >= 0.3 is 0 Å². The molecule has 1 aromatic heterocycles. The van der Waals surface area contributed by atoms with Gasteiger partial charge in [-0.1, -0.05) is 40.9 Å². The SMILES string of the molecule is N#Cc1c(NC(=O)/C=C/c2ccc(Br)cc2)sc2c1CCCCCC2. The zero-order chi connectivity index (χ0) is 17.6. The highest BCUT2D eigenvalue weighted by Gasteiger charge is 2.19. The van der Waals surface area contributed by atoms with Crippen LogP contribution in [0.2, 0.25) is 0 Å². The molecule has 0 saturated carbocycles. The summed E-state index contributed by atoms with van der Waals surface area (Å²) in [6.07, 6.45) is 10.00. The maximum Gasteiger partial charge on any atom is 0.249 e. The summed E-state index contributed by atoms with van der Waals surface area (Å²) in [6, 6.07) is 10.0. The van der Waals surface area contributed by atoms with Crippen LogP contribution in [0.25, 0.3) is 6.08 Å². The van der Waals surface area contributed by atoms with Gasteiger partial charge in [-0.3, -0.25) is 4.79 Å². The topological polar surface area (TPSA) is 52.9 Å². The number of carbonyl (C=O) groups excluding carboxylic acids is 1. The summed E-state index contributed by atoms with van der Waals surface area (Å²) in [6.45, 7) is 0. The first-order chi connectivity index (χ1) is 12.2. The predicted molar refractivity (Wildman–Crippen MR) is 107 cm³/mol. The number of nitrogens with one attached hydrogen (secondary N) is 1. The fourth-order valence-electron chi connectivity index (χ4n) is 3.03. The number of nitriles is 1. The van der Waals surface area contributed by atoms with Crippen LogP contribution in [0.5, 0.6) is 0 Å². The maximum absolute atomic E-state index is 12.3. The van der Waals surface area contributed by atoms with Crippen LogP contribution in [0, 0.1) is 11.3 Å². The molecule has 25 heavy (non-hydrogen) atoms. The van der Waals surface area contributed by atoms with E-state index >= 15 is 0 Å². The van der Waals surface area contributed by atoms with Crippen molar-refractivity contribution in [3.8, 4) is 6.07 Å². The fourth-order valence-corrected chi connectivity index (χ4v) is 4.53. The third-order valence-corrected chi connectivity index (χ3v) is 6.05. The van der Waals surface area contributed by atoms with Crippen molar-refractivity contribution in [3.63, 3.8) is 0 Å². The summed E-state index contributed by atoms with van der Waals surface area (Å²) in [5, 5.41) is 13.2. The van der Waals surface area contributed by atoms with Crippen LogP contribution in [0.1, 0.15) is 47.3 Å². The van der Waals surface area contributed by atoms with Gasteiger partial charge in [-0.25, -0.2) is 0 Å². The number of hydrogen-bond acceptors (Lipinski definition) is 3. The molecule has 0 spiro atoms. The molecule has 1 amide bonds. The number of nitrogens with zero attached hydrogens (tertiary/aromatic N) is 1. The minimum Gasteiger partial charge on any atom is -0.313 e. The van der Waals surface area contributed by atoms with Crippen molar-refractivity contribution in [2.24, 2.45) is 0 Å². The number of fused-ring (bicyclic) bond motifs is 1. The predicted octanol–water partition coefficient (Wildman–Crippen LogP) is 5.69. The van der Waals surface area contributed by atoms with Crippen LogP contribution in [0.15, 0.2) is 34.8 Å². The molecule has 1 aromatic carbocycles. The second-order valence-corrected chi connectivity index (χ2v) is 8.13. The van der Waals surface area contributed by atoms with Crippen LogP contribution in [-0.2, 0) is 17.6 Å². The first kappa shape index (κ1) is 17.9. The number of thiophene rings is 1. The molecule has 3 rings (SSSR count). The van der Waals surface area contributed by atoms with Gasteiger partial charge in [0.05, 0.1) is 5.56 Å². The molecule has 1 heterocycles. The Morgan fingerprint density at radius 3 is 2.60 bits per heavy atom. The quantitative estimate of drug-likeness (QED) is 0.655. The van der Waals surface area contributed by atoms with Crippen molar-refractivity contribution in [2.75, 3.05) is 5.32 Å². The Hall–Kier alpha value is -1.90. The van der Waals surface area contributed by atoms with Crippen molar-refractivity contribution in [2.45, 2.75) is 38.5 Å². The summed E-state index contributed by atoms with van der Waals surface area (Å²) in [5.41, 5.74) is 2.77. The summed E-state index contributed by atoms with van der Waals surface area (Å²) in [7, 11) is 0. The van der Waals surface area contributed by atoms with Gasteiger partial charge in [-0.2, -0.15) is 5.26 Å². The second kappa shape index (κ2) is 8.46. The third-order valence-electron chi connectivity index (χ3n) is 4.32. The lowest BCUT2D eigenvalue weighted by atomic mass is 9.97. The Morgan fingerprint density at radius 2 is 1.88 bits per heavy atom. The van der Waals surface area contributed by atoms with Crippen LogP contribution >= 0.6 is 27.3 Å². The smallest absolute Gasteiger partial charge is 0.249 e. The normalized spacial score (nSPS) is 14.4. The molecule has 1 N–H and O–H groups in total. The van der Waals surface area contributed by atoms with Crippen LogP contribution < -0.4 is 5.32 Å². The number of anilines is 1. The number of amides is 1. The van der Waals surface area contributed by atoms with Crippen LogP contribution in [-0.4, -0.2) is 5.91 Å². The minimum atomic E-state index is -0.200. The van der Waals surface area contributed by atoms with E-state index in [9.17, 15) is 10.1 Å². The van der Waals surface area contributed by atoms with E-state index in [2.05, 4.69) is 27.3 Å². The second-order valence-electron chi connectivity index (χ2n) is 6.11. The van der Waals surface area contributed by atoms with Crippen molar-refractivity contribution < 1.29 is 4.79 Å². The van der Waals surface area contributed by atoms with E-state index < -0.39 is 0 Å². The molecule has 0 saturated heterocycles. The average Bonchev–Trinajstić information content (AvgIpc) is 2.90. The van der Waals surface area contributed by atoms with E-state index in [1.165, 1.54) is 23.8 Å². The Balaban J connectivity index is 1.75. The first-order valence-electron chi connectivity index (χ1n) is 8.46. The maximum atomic E-state index is 12.3. The van der Waals surface area contributed by atoms with Crippen LogP contribution in [0.3, 0.4) is 0 Å². The van der Waals surface area contributed by atoms with Crippen LogP contribution in [0.4, 0.5) is 5.00 Å². The molecule has 128 valence electrons. The van der Waals surface area contributed by atoms with Gasteiger partial charge in [0.2, 0.25) is 5.91 Å². The van der Waals surface area contributed by atoms with E-state index in [1.54, 1.807) is 17.4 Å². The van der Waals surface area contributed by atoms with Crippen molar-refractivity contribution in [3.05, 3.63) is 56.4 Å². The summed E-state index contributed by atoms with van der Waals surface area (Å²) >= 11 is 4.96. The zero-order valence-corrected chi connectivity index (χ0v) is 16.3. The number of aryl methyl sites for hydroxylation is 1. The van der Waals surface area contributed by atoms with Gasteiger partial charge in [0, 0.05) is 15.4 Å². The molecule has 0 unspecified atom stereocenters. The highest BCUT2D eigenvalue weighted by atomic mass is 79.9. The molecule has 5 heteroatoms. The number of halogens is 1. The largest absolute Gasteiger partial charge is 0.313 e. The van der Waals surface area contributed by atoms with E-state index in [4.69, 9.17) is 0 Å². The van der Waals surface area contributed by atoms with Gasteiger partial charge in [0.15, 0.2) is 0 Å². The van der Waals surface area contributed by atoms with Gasteiger partial charge < -0.3 is 5.32 Å². The summed E-state index contributed by atoms with van der Waals surface area (Å²) in [5.74, 6) is -0.200. The lowest BCUT2D eigenvalue weighted by Crippen LogP contribution is -2.07. The Labute approximate surface area is 160 Å². The molecule has 0 fully saturated rings. The van der Waals surface area contributed by atoms with E-state index in [1.807, 2.05) is 24.3 Å². The van der Waals surface area contributed by atoms with Gasteiger partial charge in [0.1, 0.15) is 11.1 Å². The van der Waals surface area contributed by atoms with Crippen molar-refractivity contribution in [1.82, 2.24) is 0 Å². The lowest BCUT2D eigenvalue weighted by molar-refractivity contribution is -0.111. The van der Waals surface area contributed by atoms with Crippen molar-refractivity contribution >= 4 is 44.3 Å². The first-order valence-corrected chi connectivity index (χ1v) is 10.1. The van der Waals surface area contributed by atoms with Gasteiger partial charge in [-0.15, -0.1) is 11.3 Å². The number of benzene rings is 1.